The van der Waals surface area contributed by atoms with Crippen molar-refractivity contribution >= 4 is 22.9 Å². The summed E-state index contributed by atoms with van der Waals surface area (Å²) in [6.45, 7) is 3.09. The molecule has 6 heteroatoms. The Labute approximate surface area is 128 Å². The fraction of sp³-hybridized carbons (Fsp3) is 0.438. The molecule has 0 unspecified atom stereocenters. The van der Waals surface area contributed by atoms with Crippen molar-refractivity contribution in [3.63, 3.8) is 0 Å². The fourth-order valence-electron chi connectivity index (χ4n) is 3.12. The van der Waals surface area contributed by atoms with E-state index in [9.17, 15) is 9.59 Å². The Morgan fingerprint density at radius 1 is 1.45 bits per heavy atom. The summed E-state index contributed by atoms with van der Waals surface area (Å²) >= 11 is 0. The monoisotopic (exact) mass is 301 g/mol. The third kappa shape index (κ3) is 2.95. The molecule has 6 nitrogen and oxygen atoms in total. The van der Waals surface area contributed by atoms with Gasteiger partial charge in [0.2, 0.25) is 0 Å². The van der Waals surface area contributed by atoms with Crippen molar-refractivity contribution in [2.24, 2.45) is 5.92 Å². The number of fused-ring (bicyclic) bond motifs is 1. The second kappa shape index (κ2) is 5.79. The smallest absolute Gasteiger partial charge is 0.303 e. The molecule has 2 heterocycles. The summed E-state index contributed by atoms with van der Waals surface area (Å²) in [5.74, 6) is 0.0327. The van der Waals surface area contributed by atoms with Gasteiger partial charge in [-0.15, -0.1) is 0 Å². The van der Waals surface area contributed by atoms with E-state index >= 15 is 0 Å². The second-order valence-electron chi connectivity index (χ2n) is 5.91. The third-order valence-corrected chi connectivity index (χ3v) is 4.12. The Morgan fingerprint density at radius 3 is 3.05 bits per heavy atom. The van der Waals surface area contributed by atoms with Gasteiger partial charge in [0.05, 0.1) is 11.0 Å². The molecule has 2 N–H and O–H groups in total. The van der Waals surface area contributed by atoms with E-state index in [2.05, 4.69) is 9.97 Å². The molecule has 1 amide bonds. The summed E-state index contributed by atoms with van der Waals surface area (Å²) in [6, 6.07) is 5.44. The predicted molar refractivity (Wildman–Crippen MR) is 81.7 cm³/mol. The van der Waals surface area contributed by atoms with Gasteiger partial charge in [-0.2, -0.15) is 0 Å². The Hall–Kier alpha value is -2.37. The molecule has 2 aromatic rings. The number of aromatic amines is 1. The minimum absolute atomic E-state index is 0.0377. The number of benzene rings is 1. The first kappa shape index (κ1) is 14.6. The van der Waals surface area contributed by atoms with Crippen molar-refractivity contribution in [1.82, 2.24) is 14.9 Å². The number of nitrogens with zero attached hydrogens (tertiary/aromatic N) is 2. The van der Waals surface area contributed by atoms with Crippen LogP contribution in [0, 0.1) is 12.8 Å². The molecule has 116 valence electrons. The van der Waals surface area contributed by atoms with E-state index in [1.54, 1.807) is 11.0 Å². The van der Waals surface area contributed by atoms with Crippen LogP contribution >= 0.6 is 0 Å². The van der Waals surface area contributed by atoms with Crippen LogP contribution in [0.2, 0.25) is 0 Å². The first-order valence-electron chi connectivity index (χ1n) is 7.50. The average molecular weight is 301 g/mol. The maximum Gasteiger partial charge on any atom is 0.303 e. The summed E-state index contributed by atoms with van der Waals surface area (Å²) in [4.78, 5) is 32.7. The van der Waals surface area contributed by atoms with Crippen LogP contribution in [-0.2, 0) is 4.79 Å². The molecule has 3 rings (SSSR count). The Kier molecular flexibility index (Phi) is 3.83. The van der Waals surface area contributed by atoms with Gasteiger partial charge in [0, 0.05) is 25.1 Å². The van der Waals surface area contributed by atoms with E-state index in [4.69, 9.17) is 5.11 Å². The number of rotatable bonds is 3. The molecule has 0 aliphatic carbocycles. The SMILES string of the molecule is Cc1nc2ccc(C(=O)N3CCC[C@H](CC(=O)O)C3)cc2[nH]1. The number of aromatic nitrogens is 2. The summed E-state index contributed by atoms with van der Waals surface area (Å²) < 4.78 is 0. The van der Waals surface area contributed by atoms with Crippen molar-refractivity contribution in [2.45, 2.75) is 26.2 Å². The number of carbonyl (C=O) groups excluding carboxylic acids is 1. The highest BCUT2D eigenvalue weighted by Gasteiger charge is 2.26. The molecule has 1 fully saturated rings. The Bertz CT molecular complexity index is 722. The molecular weight excluding hydrogens is 282 g/mol. The number of hydrogen-bond acceptors (Lipinski definition) is 3. The summed E-state index contributed by atoms with van der Waals surface area (Å²) in [5, 5.41) is 8.91. The Balaban J connectivity index is 1.77. The molecule has 0 spiro atoms. The van der Waals surface area contributed by atoms with E-state index in [1.807, 2.05) is 19.1 Å². The number of carbonyl (C=O) groups is 2. The Morgan fingerprint density at radius 2 is 2.27 bits per heavy atom. The van der Waals surface area contributed by atoms with Crippen LogP contribution in [0.3, 0.4) is 0 Å². The number of amides is 1. The molecule has 0 radical (unpaired) electrons. The number of imidazole rings is 1. The van der Waals surface area contributed by atoms with Gasteiger partial charge in [0.25, 0.3) is 5.91 Å². The minimum atomic E-state index is -0.798. The van der Waals surface area contributed by atoms with Gasteiger partial charge in [-0.05, 0) is 43.9 Å². The maximum absolute atomic E-state index is 12.6. The van der Waals surface area contributed by atoms with E-state index in [1.165, 1.54) is 0 Å². The molecule has 1 aromatic heterocycles. The highest BCUT2D eigenvalue weighted by molar-refractivity contribution is 5.97. The van der Waals surface area contributed by atoms with Gasteiger partial charge in [0.1, 0.15) is 5.82 Å². The molecule has 1 saturated heterocycles. The van der Waals surface area contributed by atoms with Crippen molar-refractivity contribution in [3.8, 4) is 0 Å². The largest absolute Gasteiger partial charge is 0.481 e. The van der Waals surface area contributed by atoms with Crippen molar-refractivity contribution in [2.75, 3.05) is 13.1 Å². The summed E-state index contributed by atoms with van der Waals surface area (Å²) in [6.07, 6.45) is 1.85. The zero-order chi connectivity index (χ0) is 15.7. The number of aryl methyl sites for hydroxylation is 1. The molecule has 22 heavy (non-hydrogen) atoms. The molecular formula is C16H19N3O3. The van der Waals surface area contributed by atoms with Gasteiger partial charge in [0.15, 0.2) is 0 Å². The zero-order valence-corrected chi connectivity index (χ0v) is 12.5. The number of H-pyrrole nitrogens is 1. The lowest BCUT2D eigenvalue weighted by Crippen LogP contribution is -2.40. The number of aliphatic carboxylic acids is 1. The average Bonchev–Trinajstić information content (AvgIpc) is 2.85. The topological polar surface area (TPSA) is 86.3 Å². The van der Waals surface area contributed by atoms with Gasteiger partial charge in [-0.25, -0.2) is 4.98 Å². The van der Waals surface area contributed by atoms with Crippen molar-refractivity contribution in [3.05, 3.63) is 29.6 Å². The fourth-order valence-corrected chi connectivity index (χ4v) is 3.12. The van der Waals surface area contributed by atoms with Crippen molar-refractivity contribution < 1.29 is 14.7 Å². The van der Waals surface area contributed by atoms with Crippen LogP contribution < -0.4 is 0 Å². The van der Waals surface area contributed by atoms with Crippen molar-refractivity contribution in [1.29, 1.82) is 0 Å². The van der Waals surface area contributed by atoms with Gasteiger partial charge in [-0.1, -0.05) is 0 Å². The quantitative estimate of drug-likeness (QED) is 0.910. The van der Waals surface area contributed by atoms with Crippen LogP contribution in [0.5, 0.6) is 0 Å². The highest BCUT2D eigenvalue weighted by Crippen LogP contribution is 2.22. The number of nitrogens with one attached hydrogen (secondary N) is 1. The van der Waals surface area contributed by atoms with Crippen LogP contribution in [0.15, 0.2) is 18.2 Å². The van der Waals surface area contributed by atoms with Crippen LogP contribution in [-0.4, -0.2) is 44.9 Å². The van der Waals surface area contributed by atoms with Gasteiger partial charge in [-0.3, -0.25) is 9.59 Å². The molecule has 0 bridgehead atoms. The van der Waals surface area contributed by atoms with Crippen LogP contribution in [0.4, 0.5) is 0 Å². The van der Waals surface area contributed by atoms with Crippen LogP contribution in [0.25, 0.3) is 11.0 Å². The summed E-state index contributed by atoms with van der Waals surface area (Å²) in [7, 11) is 0. The molecule has 1 aliphatic heterocycles. The predicted octanol–water partition coefficient (Wildman–Crippen LogP) is 2.20. The molecule has 1 atom stereocenters. The lowest BCUT2D eigenvalue weighted by Gasteiger charge is -2.32. The molecule has 1 aromatic carbocycles. The third-order valence-electron chi connectivity index (χ3n) is 4.12. The molecule has 1 aliphatic rings. The van der Waals surface area contributed by atoms with Gasteiger partial charge >= 0.3 is 5.97 Å². The number of carboxylic acid groups (broad SMARTS) is 1. The first-order valence-corrected chi connectivity index (χ1v) is 7.50. The van der Waals surface area contributed by atoms with Gasteiger partial charge < -0.3 is 15.0 Å². The number of likely N-dealkylation sites (tertiary alicyclic amines) is 1. The number of carboxylic acids is 1. The van der Waals surface area contributed by atoms with E-state index in [0.29, 0.717) is 18.7 Å². The van der Waals surface area contributed by atoms with E-state index < -0.39 is 5.97 Å². The normalized spacial score (nSPS) is 18.6. The summed E-state index contributed by atoms with van der Waals surface area (Å²) in [5.41, 5.74) is 2.31. The first-order chi connectivity index (χ1) is 10.5. The maximum atomic E-state index is 12.6. The second-order valence-corrected chi connectivity index (χ2v) is 5.91. The number of piperidine rings is 1. The highest BCUT2D eigenvalue weighted by atomic mass is 16.4. The molecule has 0 saturated carbocycles. The van der Waals surface area contributed by atoms with E-state index in [0.717, 1.165) is 29.7 Å². The zero-order valence-electron chi connectivity index (χ0n) is 12.5. The standard InChI is InChI=1S/C16H19N3O3/c1-10-17-13-5-4-12(8-14(13)18-10)16(22)19-6-2-3-11(9-19)7-15(20)21/h4-5,8,11H,2-3,6-7,9H2,1H3,(H,17,18)(H,20,21)/t11-/m1/s1. The lowest BCUT2D eigenvalue weighted by atomic mass is 9.94. The minimum Gasteiger partial charge on any atom is -0.481 e. The number of hydrogen-bond donors (Lipinski definition) is 2. The van der Waals surface area contributed by atoms with E-state index in [-0.39, 0.29) is 18.2 Å². The van der Waals surface area contributed by atoms with Crippen LogP contribution in [0.1, 0.15) is 35.4 Å². The lowest BCUT2D eigenvalue weighted by molar-refractivity contribution is -0.138.